The Kier molecular flexibility index (Phi) is 3.84. The van der Waals surface area contributed by atoms with Gasteiger partial charge >= 0.3 is 0 Å². The average molecular weight is 346 g/mol. The van der Waals surface area contributed by atoms with E-state index in [1.165, 1.54) is 5.56 Å². The van der Waals surface area contributed by atoms with Crippen molar-refractivity contribution in [1.82, 2.24) is 0 Å². The number of fused-ring (bicyclic) bond motifs is 1. The third-order valence-electron chi connectivity index (χ3n) is 3.58. The lowest BCUT2D eigenvalue weighted by molar-refractivity contribution is -0.115. The van der Waals surface area contributed by atoms with Crippen LogP contribution in [0.4, 0.5) is 17.1 Å². The quantitative estimate of drug-likeness (QED) is 0.840. The Morgan fingerprint density at radius 3 is 2.90 bits per heavy atom. The van der Waals surface area contributed by atoms with E-state index >= 15 is 0 Å². The van der Waals surface area contributed by atoms with Gasteiger partial charge in [0.1, 0.15) is 0 Å². The van der Waals surface area contributed by atoms with Crippen molar-refractivity contribution < 1.29 is 4.79 Å². The molecule has 108 valence electrons. The minimum absolute atomic E-state index is 0.0304. The number of nitrogens with one attached hydrogen (secondary N) is 1. The van der Waals surface area contributed by atoms with E-state index in [1.807, 2.05) is 42.5 Å². The van der Waals surface area contributed by atoms with Crippen LogP contribution >= 0.6 is 15.9 Å². The maximum Gasteiger partial charge on any atom is 0.243 e. The number of halogens is 1. The van der Waals surface area contributed by atoms with Crippen LogP contribution in [0.3, 0.4) is 0 Å². The van der Waals surface area contributed by atoms with E-state index < -0.39 is 0 Å². The number of benzene rings is 2. The van der Waals surface area contributed by atoms with Gasteiger partial charge in [0.15, 0.2) is 0 Å². The highest BCUT2D eigenvalue weighted by Crippen LogP contribution is 2.29. The van der Waals surface area contributed by atoms with Gasteiger partial charge in [0.2, 0.25) is 5.91 Å². The predicted octanol–water partition coefficient (Wildman–Crippen LogP) is 3.03. The summed E-state index contributed by atoms with van der Waals surface area (Å²) in [7, 11) is 0. The van der Waals surface area contributed by atoms with E-state index in [1.54, 1.807) is 0 Å². The minimum Gasteiger partial charge on any atom is -0.399 e. The smallest absolute Gasteiger partial charge is 0.243 e. The summed E-state index contributed by atoms with van der Waals surface area (Å²) in [5.74, 6) is -0.0304. The van der Waals surface area contributed by atoms with Gasteiger partial charge in [-0.2, -0.15) is 0 Å². The van der Waals surface area contributed by atoms with E-state index in [0.29, 0.717) is 6.54 Å². The molecule has 2 aromatic carbocycles. The summed E-state index contributed by atoms with van der Waals surface area (Å²) < 4.78 is 0.879. The Bertz CT molecular complexity index is 687. The van der Waals surface area contributed by atoms with Gasteiger partial charge in [-0.05, 0) is 52.2 Å². The molecule has 4 nitrogen and oxygen atoms in total. The van der Waals surface area contributed by atoms with Crippen molar-refractivity contribution in [2.45, 2.75) is 6.42 Å². The van der Waals surface area contributed by atoms with Gasteiger partial charge in [0.25, 0.3) is 0 Å². The molecule has 0 bridgehead atoms. The standard InChI is InChI=1S/C16H16BrN3O/c17-13-3-1-2-4-14(13)19-16(21)10-20-8-7-11-5-6-12(18)9-15(11)20/h1-6,9H,7-8,10,18H2,(H,19,21). The van der Waals surface area contributed by atoms with Gasteiger partial charge in [-0.3, -0.25) is 4.79 Å². The summed E-state index contributed by atoms with van der Waals surface area (Å²) in [6.07, 6.45) is 0.956. The van der Waals surface area contributed by atoms with Crippen molar-refractivity contribution in [3.8, 4) is 0 Å². The Labute approximate surface area is 132 Å². The number of carbonyl (C=O) groups is 1. The fourth-order valence-corrected chi connectivity index (χ4v) is 2.94. The van der Waals surface area contributed by atoms with Crippen LogP contribution in [0.15, 0.2) is 46.9 Å². The highest BCUT2D eigenvalue weighted by atomic mass is 79.9. The zero-order valence-corrected chi connectivity index (χ0v) is 13.1. The monoisotopic (exact) mass is 345 g/mol. The van der Waals surface area contributed by atoms with Crippen LogP contribution in [-0.4, -0.2) is 19.0 Å². The summed E-state index contributed by atoms with van der Waals surface area (Å²) in [4.78, 5) is 14.3. The third kappa shape index (κ3) is 3.03. The highest BCUT2D eigenvalue weighted by Gasteiger charge is 2.21. The molecule has 0 saturated carbocycles. The second kappa shape index (κ2) is 5.77. The number of nitrogen functional groups attached to an aromatic ring is 1. The molecule has 21 heavy (non-hydrogen) atoms. The molecule has 5 heteroatoms. The normalized spacial score (nSPS) is 13.1. The number of carbonyl (C=O) groups excluding carboxylic acids is 1. The first-order chi connectivity index (χ1) is 10.1. The SMILES string of the molecule is Nc1ccc2c(c1)N(CC(=O)Nc1ccccc1Br)CC2. The van der Waals surface area contributed by atoms with Crippen LogP contribution < -0.4 is 16.0 Å². The zero-order valence-electron chi connectivity index (χ0n) is 11.5. The summed E-state index contributed by atoms with van der Waals surface area (Å²) in [5, 5.41) is 2.92. The van der Waals surface area contributed by atoms with Gasteiger partial charge in [-0.1, -0.05) is 18.2 Å². The van der Waals surface area contributed by atoms with Crippen molar-refractivity contribution in [3.63, 3.8) is 0 Å². The Morgan fingerprint density at radius 1 is 1.29 bits per heavy atom. The molecule has 0 aromatic heterocycles. The van der Waals surface area contributed by atoms with E-state index in [-0.39, 0.29) is 5.91 Å². The first-order valence-electron chi connectivity index (χ1n) is 6.81. The number of nitrogens with two attached hydrogens (primary N) is 1. The van der Waals surface area contributed by atoms with Gasteiger partial charge in [-0.15, -0.1) is 0 Å². The number of hydrogen-bond acceptors (Lipinski definition) is 3. The predicted molar refractivity (Wildman–Crippen MR) is 89.5 cm³/mol. The molecule has 0 radical (unpaired) electrons. The second-order valence-electron chi connectivity index (χ2n) is 5.09. The molecule has 1 aliphatic rings. The molecule has 0 unspecified atom stereocenters. The second-order valence-corrected chi connectivity index (χ2v) is 5.94. The van der Waals surface area contributed by atoms with Crippen molar-refractivity contribution in [2.75, 3.05) is 29.0 Å². The maximum absolute atomic E-state index is 12.2. The molecule has 3 rings (SSSR count). The number of amides is 1. The molecular weight excluding hydrogens is 330 g/mol. The van der Waals surface area contributed by atoms with Gasteiger partial charge in [0.05, 0.1) is 12.2 Å². The number of hydrogen-bond donors (Lipinski definition) is 2. The lowest BCUT2D eigenvalue weighted by atomic mass is 10.1. The topological polar surface area (TPSA) is 58.4 Å². The van der Waals surface area contributed by atoms with Crippen LogP contribution in [0, 0.1) is 0 Å². The molecule has 3 N–H and O–H groups in total. The average Bonchev–Trinajstić information content (AvgIpc) is 2.84. The molecule has 1 amide bonds. The Balaban J connectivity index is 1.70. The van der Waals surface area contributed by atoms with E-state index in [2.05, 4.69) is 26.1 Å². The first-order valence-corrected chi connectivity index (χ1v) is 7.60. The molecular formula is C16H16BrN3O. The number of anilines is 3. The lowest BCUT2D eigenvalue weighted by Crippen LogP contribution is -2.32. The van der Waals surface area contributed by atoms with E-state index in [4.69, 9.17) is 5.73 Å². The lowest BCUT2D eigenvalue weighted by Gasteiger charge is -2.19. The third-order valence-corrected chi connectivity index (χ3v) is 4.28. The maximum atomic E-state index is 12.2. The van der Waals surface area contributed by atoms with Crippen LogP contribution in [0.1, 0.15) is 5.56 Å². The van der Waals surface area contributed by atoms with Gasteiger partial charge in [-0.25, -0.2) is 0 Å². The number of rotatable bonds is 3. The van der Waals surface area contributed by atoms with Crippen molar-refractivity contribution in [3.05, 3.63) is 52.5 Å². The van der Waals surface area contributed by atoms with Crippen LogP contribution in [-0.2, 0) is 11.2 Å². The summed E-state index contributed by atoms with van der Waals surface area (Å²) in [5.41, 5.74) is 9.66. The van der Waals surface area contributed by atoms with Crippen LogP contribution in [0.5, 0.6) is 0 Å². The van der Waals surface area contributed by atoms with Gasteiger partial charge < -0.3 is 16.0 Å². The fourth-order valence-electron chi connectivity index (χ4n) is 2.55. The van der Waals surface area contributed by atoms with Crippen LogP contribution in [0.2, 0.25) is 0 Å². The molecule has 0 spiro atoms. The fraction of sp³-hybridized carbons (Fsp3) is 0.188. The summed E-state index contributed by atoms with van der Waals surface area (Å²) in [6.45, 7) is 1.18. The first kappa shape index (κ1) is 13.9. The van der Waals surface area contributed by atoms with E-state index in [9.17, 15) is 4.79 Å². The summed E-state index contributed by atoms with van der Waals surface area (Å²) in [6, 6.07) is 13.5. The number of para-hydroxylation sites is 1. The minimum atomic E-state index is -0.0304. The molecule has 0 saturated heterocycles. The highest BCUT2D eigenvalue weighted by molar-refractivity contribution is 9.10. The molecule has 0 atom stereocenters. The van der Waals surface area contributed by atoms with Crippen LogP contribution in [0.25, 0.3) is 0 Å². The van der Waals surface area contributed by atoms with Crippen molar-refractivity contribution >= 4 is 38.9 Å². The van der Waals surface area contributed by atoms with Gasteiger partial charge in [0, 0.05) is 22.4 Å². The molecule has 1 aliphatic heterocycles. The molecule has 0 aliphatic carbocycles. The molecule has 0 fully saturated rings. The zero-order chi connectivity index (χ0) is 14.8. The largest absolute Gasteiger partial charge is 0.399 e. The number of nitrogens with zero attached hydrogens (tertiary/aromatic N) is 1. The van der Waals surface area contributed by atoms with Crippen molar-refractivity contribution in [1.29, 1.82) is 0 Å². The van der Waals surface area contributed by atoms with Crippen molar-refractivity contribution in [2.24, 2.45) is 0 Å². The van der Waals surface area contributed by atoms with E-state index in [0.717, 1.165) is 34.5 Å². The Morgan fingerprint density at radius 2 is 2.10 bits per heavy atom. The summed E-state index contributed by atoms with van der Waals surface area (Å²) >= 11 is 3.43. The Hall–Kier alpha value is -2.01. The molecule has 1 heterocycles. The molecule has 2 aromatic rings.